The van der Waals surface area contributed by atoms with Gasteiger partial charge in [0.2, 0.25) is 0 Å². The second-order valence-electron chi connectivity index (χ2n) is 15.1. The lowest BCUT2D eigenvalue weighted by Gasteiger charge is -2.47. The molecule has 1 spiro atoms. The average Bonchev–Trinajstić information content (AvgIpc) is 3.62. The van der Waals surface area contributed by atoms with Gasteiger partial charge in [-0.05, 0) is 85.1 Å². The van der Waals surface area contributed by atoms with Crippen LogP contribution in [-0.4, -0.2) is 48.7 Å². The van der Waals surface area contributed by atoms with E-state index < -0.39 is 23.4 Å². The standard InChI is InChI=1S/C35H44F3N7O2/c1-32(2,3)17-16-27(22-10-12-23(13-11-22)30(46)39-21-28-41-43-44-42-28)45-31(47)29(24-8-7-9-26(20-24)35(36,37)38)40-34(45)18-14-25(15-19-34)33(4,5)6/h7-13,20,25,27H,14-19,21H2,1-6H3,(H,39,46)(H,41,42,43,44)/t25?,27-,34?/m1/s1. The van der Waals surface area contributed by atoms with E-state index in [0.717, 1.165) is 37.0 Å². The number of halogens is 3. The van der Waals surface area contributed by atoms with Crippen molar-refractivity contribution in [3.8, 4) is 0 Å². The summed E-state index contributed by atoms with van der Waals surface area (Å²) in [5, 5.41) is 16.3. The molecule has 5 rings (SSSR count). The fraction of sp³-hybridized carbons (Fsp3) is 0.543. The van der Waals surface area contributed by atoms with Gasteiger partial charge in [-0.3, -0.25) is 14.6 Å². The van der Waals surface area contributed by atoms with Crippen LogP contribution in [0.2, 0.25) is 0 Å². The lowest BCUT2D eigenvalue weighted by molar-refractivity contribution is -0.137. The first kappa shape index (κ1) is 34.3. The van der Waals surface area contributed by atoms with Gasteiger partial charge in [-0.25, -0.2) is 0 Å². The summed E-state index contributed by atoms with van der Waals surface area (Å²) in [6.07, 6.45) is -0.217. The van der Waals surface area contributed by atoms with E-state index in [0.29, 0.717) is 36.6 Å². The third kappa shape index (κ3) is 7.73. The Morgan fingerprint density at radius 1 is 1.04 bits per heavy atom. The van der Waals surface area contributed by atoms with Crippen molar-refractivity contribution in [2.75, 3.05) is 0 Å². The summed E-state index contributed by atoms with van der Waals surface area (Å²) in [4.78, 5) is 34.4. The Bertz CT molecular complexity index is 1600. The summed E-state index contributed by atoms with van der Waals surface area (Å²) in [7, 11) is 0. The Labute approximate surface area is 273 Å². The smallest absolute Gasteiger partial charge is 0.345 e. The highest BCUT2D eigenvalue weighted by Gasteiger charge is 2.53. The molecule has 2 heterocycles. The van der Waals surface area contributed by atoms with Crippen molar-refractivity contribution in [1.29, 1.82) is 0 Å². The van der Waals surface area contributed by atoms with Gasteiger partial charge in [-0.15, -0.1) is 10.2 Å². The molecule has 1 aromatic heterocycles. The van der Waals surface area contributed by atoms with Gasteiger partial charge in [0.05, 0.1) is 18.2 Å². The number of carbonyl (C=O) groups is 2. The number of aromatic amines is 1. The molecule has 12 heteroatoms. The fourth-order valence-electron chi connectivity index (χ4n) is 6.76. The molecule has 47 heavy (non-hydrogen) atoms. The van der Waals surface area contributed by atoms with Crippen molar-refractivity contribution >= 4 is 17.5 Å². The van der Waals surface area contributed by atoms with Crippen molar-refractivity contribution in [1.82, 2.24) is 30.8 Å². The molecule has 0 unspecified atom stereocenters. The zero-order chi connectivity index (χ0) is 34.2. The van der Waals surface area contributed by atoms with Crippen LogP contribution < -0.4 is 5.32 Å². The van der Waals surface area contributed by atoms with E-state index in [4.69, 9.17) is 4.99 Å². The molecule has 2 aliphatic rings. The molecule has 2 N–H and O–H groups in total. The third-order valence-electron chi connectivity index (χ3n) is 9.50. The summed E-state index contributed by atoms with van der Waals surface area (Å²) in [5.41, 5.74) is -0.142. The highest BCUT2D eigenvalue weighted by molar-refractivity contribution is 6.46. The normalized spacial score (nSPS) is 21.2. The van der Waals surface area contributed by atoms with Crippen molar-refractivity contribution in [3.05, 3.63) is 76.6 Å². The van der Waals surface area contributed by atoms with E-state index in [1.165, 1.54) is 12.1 Å². The van der Waals surface area contributed by atoms with Crippen LogP contribution in [0.25, 0.3) is 0 Å². The maximum Gasteiger partial charge on any atom is 0.416 e. The van der Waals surface area contributed by atoms with Gasteiger partial charge in [0.15, 0.2) is 5.82 Å². The number of benzene rings is 2. The van der Waals surface area contributed by atoms with Crippen LogP contribution in [0.15, 0.2) is 53.5 Å². The highest BCUT2D eigenvalue weighted by Crippen LogP contribution is 2.50. The Hall–Kier alpha value is -4.09. The summed E-state index contributed by atoms with van der Waals surface area (Å²) >= 11 is 0. The van der Waals surface area contributed by atoms with E-state index in [9.17, 15) is 22.8 Å². The predicted octanol–water partition coefficient (Wildman–Crippen LogP) is 7.28. The summed E-state index contributed by atoms with van der Waals surface area (Å²) in [5.74, 6) is 0.111. The molecule has 252 valence electrons. The molecule has 0 bridgehead atoms. The number of alkyl halides is 3. The fourth-order valence-corrected chi connectivity index (χ4v) is 6.76. The van der Waals surface area contributed by atoms with E-state index in [1.54, 1.807) is 12.1 Å². The topological polar surface area (TPSA) is 116 Å². The Morgan fingerprint density at radius 2 is 1.72 bits per heavy atom. The van der Waals surface area contributed by atoms with Crippen LogP contribution in [0, 0.1) is 16.7 Å². The first-order valence-corrected chi connectivity index (χ1v) is 16.2. The number of aromatic nitrogens is 4. The second kappa shape index (κ2) is 12.8. The molecule has 0 radical (unpaired) electrons. The van der Waals surface area contributed by atoms with Gasteiger partial charge in [0, 0.05) is 11.1 Å². The molecule has 3 aromatic rings. The van der Waals surface area contributed by atoms with E-state index in [-0.39, 0.29) is 40.5 Å². The maximum absolute atomic E-state index is 14.6. The van der Waals surface area contributed by atoms with Crippen LogP contribution in [0.3, 0.4) is 0 Å². The number of carbonyl (C=O) groups excluding carboxylic acids is 2. The Balaban J connectivity index is 1.52. The minimum atomic E-state index is -4.55. The quantitative estimate of drug-likeness (QED) is 0.266. The SMILES string of the molecule is CC(C)(C)CC[C@H](c1ccc(C(=O)NCc2nn[nH]n2)cc1)N1C(=O)C(c2cccc(C(F)(F)F)c2)=NC12CCC(C(C)(C)C)CC2. The number of nitrogens with one attached hydrogen (secondary N) is 2. The minimum Gasteiger partial charge on any atom is -0.345 e. The zero-order valence-electron chi connectivity index (χ0n) is 27.9. The molecule has 0 saturated heterocycles. The lowest BCUT2D eigenvalue weighted by Crippen LogP contribution is -2.51. The van der Waals surface area contributed by atoms with Gasteiger partial charge in [-0.2, -0.15) is 18.4 Å². The molecule has 2 aromatic carbocycles. The average molecular weight is 652 g/mol. The van der Waals surface area contributed by atoms with Gasteiger partial charge in [-0.1, -0.05) is 71.0 Å². The number of amides is 2. The van der Waals surface area contributed by atoms with Crippen LogP contribution in [0.5, 0.6) is 0 Å². The molecule has 1 aliphatic heterocycles. The Morgan fingerprint density at radius 3 is 2.30 bits per heavy atom. The summed E-state index contributed by atoms with van der Waals surface area (Å²) in [6, 6.07) is 11.7. The third-order valence-corrected chi connectivity index (χ3v) is 9.50. The van der Waals surface area contributed by atoms with Gasteiger partial charge >= 0.3 is 6.18 Å². The second-order valence-corrected chi connectivity index (χ2v) is 15.1. The number of H-pyrrole nitrogens is 1. The van der Waals surface area contributed by atoms with Gasteiger partial charge in [0.25, 0.3) is 11.8 Å². The number of nitrogens with zero attached hydrogens (tertiary/aromatic N) is 5. The summed E-state index contributed by atoms with van der Waals surface area (Å²) < 4.78 is 41.2. The molecule has 1 fully saturated rings. The Kier molecular flexibility index (Phi) is 9.36. The molecule has 1 aliphatic carbocycles. The van der Waals surface area contributed by atoms with Gasteiger partial charge < -0.3 is 10.2 Å². The highest BCUT2D eigenvalue weighted by atomic mass is 19.4. The number of rotatable bonds is 8. The maximum atomic E-state index is 14.6. The minimum absolute atomic E-state index is 0.0439. The largest absolute Gasteiger partial charge is 0.416 e. The number of aliphatic imine (C=N–C) groups is 1. The monoisotopic (exact) mass is 651 g/mol. The lowest BCUT2D eigenvalue weighted by atomic mass is 9.69. The van der Waals surface area contributed by atoms with Crippen molar-refractivity contribution in [2.24, 2.45) is 21.7 Å². The van der Waals surface area contributed by atoms with Crippen molar-refractivity contribution in [3.63, 3.8) is 0 Å². The first-order chi connectivity index (χ1) is 22.0. The van der Waals surface area contributed by atoms with Crippen LogP contribution >= 0.6 is 0 Å². The predicted molar refractivity (Wildman–Crippen MR) is 172 cm³/mol. The van der Waals surface area contributed by atoms with E-state index in [1.807, 2.05) is 17.0 Å². The van der Waals surface area contributed by atoms with Gasteiger partial charge in [0.1, 0.15) is 11.4 Å². The van der Waals surface area contributed by atoms with Crippen LogP contribution in [0.4, 0.5) is 13.2 Å². The van der Waals surface area contributed by atoms with Crippen LogP contribution in [0.1, 0.15) is 119 Å². The summed E-state index contributed by atoms with van der Waals surface area (Å²) in [6.45, 7) is 13.2. The number of hydrogen-bond acceptors (Lipinski definition) is 6. The molecule has 1 saturated carbocycles. The van der Waals surface area contributed by atoms with E-state index in [2.05, 4.69) is 67.5 Å². The zero-order valence-corrected chi connectivity index (χ0v) is 27.9. The number of hydrogen-bond donors (Lipinski definition) is 2. The molecule has 2 amide bonds. The molecule has 9 nitrogen and oxygen atoms in total. The van der Waals surface area contributed by atoms with Crippen LogP contribution in [-0.2, 0) is 17.5 Å². The van der Waals surface area contributed by atoms with Crippen molar-refractivity contribution < 1.29 is 22.8 Å². The van der Waals surface area contributed by atoms with Crippen molar-refractivity contribution in [2.45, 2.75) is 104 Å². The first-order valence-electron chi connectivity index (χ1n) is 16.2. The molecular weight excluding hydrogens is 607 g/mol. The molecular formula is C35H44F3N7O2. The number of tetrazole rings is 1. The molecule has 1 atom stereocenters. The van der Waals surface area contributed by atoms with E-state index >= 15 is 0 Å².